The van der Waals surface area contributed by atoms with Gasteiger partial charge in [0.25, 0.3) is 0 Å². The summed E-state index contributed by atoms with van der Waals surface area (Å²) in [7, 11) is 3.92. The molecule has 0 aliphatic heterocycles. The molecule has 0 aliphatic rings. The van der Waals surface area contributed by atoms with Crippen LogP contribution >= 0.6 is 0 Å². The van der Waals surface area contributed by atoms with Gasteiger partial charge in [-0.2, -0.15) is 0 Å². The van der Waals surface area contributed by atoms with E-state index >= 15 is 0 Å². The molecule has 0 saturated carbocycles. The number of hydrogen-bond acceptors (Lipinski definition) is 4. The highest BCUT2D eigenvalue weighted by Gasteiger charge is 2.12. The Morgan fingerprint density at radius 2 is 2.05 bits per heavy atom. The molecule has 0 aliphatic carbocycles. The summed E-state index contributed by atoms with van der Waals surface area (Å²) in [6.07, 6.45) is 2.65. The van der Waals surface area contributed by atoms with Gasteiger partial charge in [0.2, 0.25) is 0 Å². The van der Waals surface area contributed by atoms with E-state index in [1.54, 1.807) is 13.0 Å². The van der Waals surface area contributed by atoms with Gasteiger partial charge < -0.3 is 15.3 Å². The monoisotopic (exact) mass is 269 g/mol. The lowest BCUT2D eigenvalue weighted by atomic mass is 10.1. The average molecular weight is 269 g/mol. The summed E-state index contributed by atoms with van der Waals surface area (Å²) in [5.74, 6) is -0.312. The lowest BCUT2D eigenvalue weighted by Gasteiger charge is -2.21. The van der Waals surface area contributed by atoms with Gasteiger partial charge in [0.15, 0.2) is 0 Å². The van der Waals surface area contributed by atoms with Crippen LogP contribution in [0.15, 0.2) is 18.3 Å². The topological polar surface area (TPSA) is 48.4 Å². The molecule has 0 spiro atoms. The van der Waals surface area contributed by atoms with Crippen LogP contribution in [0.25, 0.3) is 0 Å². The van der Waals surface area contributed by atoms with Crippen LogP contribution in [-0.2, 0) is 0 Å². The van der Waals surface area contributed by atoms with Crippen LogP contribution in [-0.4, -0.2) is 48.3 Å². The molecule has 4 nitrogen and oxygen atoms in total. The van der Waals surface area contributed by atoms with E-state index in [0.29, 0.717) is 0 Å². The van der Waals surface area contributed by atoms with Gasteiger partial charge in [-0.3, -0.25) is 4.98 Å². The molecular weight excluding hydrogens is 245 g/mol. The summed E-state index contributed by atoms with van der Waals surface area (Å²) in [5, 5.41) is 12.4. The molecule has 108 valence electrons. The molecule has 0 amide bonds. The van der Waals surface area contributed by atoms with E-state index in [2.05, 4.69) is 15.2 Å². The van der Waals surface area contributed by atoms with Gasteiger partial charge in [-0.15, -0.1) is 0 Å². The quantitative estimate of drug-likeness (QED) is 0.752. The predicted octanol–water partition coefficient (Wildman–Crippen LogP) is 1.57. The van der Waals surface area contributed by atoms with Crippen LogP contribution < -0.4 is 5.32 Å². The molecule has 1 rings (SSSR count). The first kappa shape index (κ1) is 16.0. The van der Waals surface area contributed by atoms with E-state index in [4.69, 9.17) is 0 Å². The normalized spacial score (nSPS) is 14.6. The number of aliphatic hydroxyl groups is 1. The van der Waals surface area contributed by atoms with Crippen molar-refractivity contribution in [2.45, 2.75) is 31.9 Å². The minimum Gasteiger partial charge on any atom is -0.393 e. The van der Waals surface area contributed by atoms with Gasteiger partial charge in [0, 0.05) is 6.54 Å². The Morgan fingerprint density at radius 1 is 1.37 bits per heavy atom. The Hall–Kier alpha value is -1.04. The molecule has 5 heteroatoms. The molecule has 19 heavy (non-hydrogen) atoms. The van der Waals surface area contributed by atoms with Crippen molar-refractivity contribution in [3.8, 4) is 0 Å². The summed E-state index contributed by atoms with van der Waals surface area (Å²) in [4.78, 5) is 6.29. The number of nitrogens with one attached hydrogen (secondary N) is 1. The standard InChI is InChI=1S/C14H24FN3O/c1-11(19)6-8-18(3)9-7-13(16-2)14-5-4-12(15)10-17-14/h4-5,10-11,13,16,19H,6-9H2,1-3H3. The molecular formula is C14H24FN3O. The fraction of sp³-hybridized carbons (Fsp3) is 0.643. The van der Waals surface area contributed by atoms with Crippen LogP contribution in [0.4, 0.5) is 4.39 Å². The maximum atomic E-state index is 12.8. The minimum atomic E-state index is -0.312. The molecule has 0 radical (unpaired) electrons. The second kappa shape index (κ2) is 8.19. The smallest absolute Gasteiger partial charge is 0.141 e. The van der Waals surface area contributed by atoms with Gasteiger partial charge in [0.1, 0.15) is 5.82 Å². The van der Waals surface area contributed by atoms with E-state index in [0.717, 1.165) is 31.6 Å². The van der Waals surface area contributed by atoms with E-state index in [9.17, 15) is 9.50 Å². The zero-order valence-corrected chi connectivity index (χ0v) is 11.9. The Bertz CT molecular complexity index is 356. The van der Waals surface area contributed by atoms with Gasteiger partial charge in [0.05, 0.1) is 24.0 Å². The predicted molar refractivity (Wildman–Crippen MR) is 74.4 cm³/mol. The summed E-state index contributed by atoms with van der Waals surface area (Å²) in [5.41, 5.74) is 0.854. The van der Waals surface area contributed by atoms with Crippen molar-refractivity contribution >= 4 is 0 Å². The second-order valence-electron chi connectivity index (χ2n) is 4.97. The summed E-state index contributed by atoms with van der Waals surface area (Å²) >= 11 is 0. The fourth-order valence-electron chi connectivity index (χ4n) is 1.90. The molecule has 2 N–H and O–H groups in total. The molecule has 0 saturated heterocycles. The van der Waals surface area contributed by atoms with Crippen LogP contribution in [0.3, 0.4) is 0 Å². The van der Waals surface area contributed by atoms with Crippen LogP contribution in [0.1, 0.15) is 31.5 Å². The maximum Gasteiger partial charge on any atom is 0.141 e. The number of nitrogens with zero attached hydrogens (tertiary/aromatic N) is 2. The van der Waals surface area contributed by atoms with Crippen molar-refractivity contribution in [2.75, 3.05) is 27.2 Å². The highest BCUT2D eigenvalue weighted by Crippen LogP contribution is 2.14. The number of hydrogen-bond donors (Lipinski definition) is 2. The van der Waals surface area contributed by atoms with Gasteiger partial charge >= 0.3 is 0 Å². The summed E-state index contributed by atoms with van der Waals surface area (Å²) in [6.45, 7) is 3.56. The molecule has 2 atom stereocenters. The number of rotatable bonds is 8. The third-order valence-electron chi connectivity index (χ3n) is 3.18. The van der Waals surface area contributed by atoms with Crippen LogP contribution in [0.2, 0.25) is 0 Å². The molecule has 2 unspecified atom stereocenters. The molecule has 1 aromatic rings. The van der Waals surface area contributed by atoms with Crippen molar-refractivity contribution in [2.24, 2.45) is 0 Å². The van der Waals surface area contributed by atoms with E-state index in [1.165, 1.54) is 12.3 Å². The Labute approximate surface area is 114 Å². The lowest BCUT2D eigenvalue weighted by Crippen LogP contribution is -2.28. The first-order valence-electron chi connectivity index (χ1n) is 6.68. The molecule has 0 fully saturated rings. The third-order valence-corrected chi connectivity index (χ3v) is 3.18. The summed E-state index contributed by atoms with van der Waals surface area (Å²) < 4.78 is 12.8. The second-order valence-corrected chi connectivity index (χ2v) is 4.97. The Balaban J connectivity index is 2.42. The summed E-state index contributed by atoms with van der Waals surface area (Å²) in [6, 6.07) is 3.27. The van der Waals surface area contributed by atoms with Crippen LogP contribution in [0.5, 0.6) is 0 Å². The van der Waals surface area contributed by atoms with E-state index in [1.807, 2.05) is 14.1 Å². The molecule has 1 heterocycles. The average Bonchev–Trinajstić information content (AvgIpc) is 2.39. The number of pyridine rings is 1. The van der Waals surface area contributed by atoms with Gasteiger partial charge in [-0.1, -0.05) is 0 Å². The van der Waals surface area contributed by atoms with Gasteiger partial charge in [-0.05, 0) is 52.5 Å². The maximum absolute atomic E-state index is 12.8. The van der Waals surface area contributed by atoms with E-state index in [-0.39, 0.29) is 18.0 Å². The van der Waals surface area contributed by atoms with Crippen molar-refractivity contribution in [1.29, 1.82) is 0 Å². The molecule has 1 aromatic heterocycles. The van der Waals surface area contributed by atoms with Gasteiger partial charge in [-0.25, -0.2) is 4.39 Å². The number of aromatic nitrogens is 1. The Kier molecular flexibility index (Phi) is 6.91. The fourth-order valence-corrected chi connectivity index (χ4v) is 1.90. The first-order valence-corrected chi connectivity index (χ1v) is 6.68. The largest absolute Gasteiger partial charge is 0.393 e. The number of halogens is 1. The zero-order chi connectivity index (χ0) is 14.3. The number of aliphatic hydroxyl groups excluding tert-OH is 1. The SMILES string of the molecule is CNC(CCN(C)CCC(C)O)c1ccc(F)cn1. The minimum absolute atomic E-state index is 0.120. The zero-order valence-electron chi connectivity index (χ0n) is 11.9. The third kappa shape index (κ3) is 6.09. The van der Waals surface area contributed by atoms with Crippen LogP contribution in [0, 0.1) is 5.82 Å². The molecule has 0 bridgehead atoms. The highest BCUT2D eigenvalue weighted by molar-refractivity contribution is 5.09. The van der Waals surface area contributed by atoms with Crippen molar-refractivity contribution < 1.29 is 9.50 Å². The highest BCUT2D eigenvalue weighted by atomic mass is 19.1. The van der Waals surface area contributed by atoms with Crippen molar-refractivity contribution in [3.05, 3.63) is 29.8 Å². The van der Waals surface area contributed by atoms with Crippen molar-refractivity contribution in [3.63, 3.8) is 0 Å². The lowest BCUT2D eigenvalue weighted by molar-refractivity contribution is 0.163. The van der Waals surface area contributed by atoms with E-state index < -0.39 is 0 Å². The first-order chi connectivity index (χ1) is 9.02. The molecule has 0 aromatic carbocycles. The van der Waals surface area contributed by atoms with Crippen molar-refractivity contribution in [1.82, 2.24) is 15.2 Å². The Morgan fingerprint density at radius 3 is 2.58 bits per heavy atom.